The van der Waals surface area contributed by atoms with Crippen molar-refractivity contribution in [1.29, 1.82) is 0 Å². The van der Waals surface area contributed by atoms with Gasteiger partial charge in [0.2, 0.25) is 5.91 Å². The predicted octanol–water partition coefficient (Wildman–Crippen LogP) is 4.98. The number of esters is 2. The fourth-order valence-electron chi connectivity index (χ4n) is 3.27. The molecule has 1 amide bonds. The molecule has 180 valence electrons. The van der Waals surface area contributed by atoms with Gasteiger partial charge in [-0.2, -0.15) is 0 Å². The Morgan fingerprint density at radius 2 is 1.85 bits per heavy atom. The lowest BCUT2D eigenvalue weighted by Crippen LogP contribution is -2.28. The highest BCUT2D eigenvalue weighted by Gasteiger charge is 2.27. The number of amides is 1. The number of hydrogen-bond acceptors (Lipinski definition) is 6. The van der Waals surface area contributed by atoms with E-state index in [9.17, 15) is 14.4 Å². The van der Waals surface area contributed by atoms with Gasteiger partial charge in [-0.1, -0.05) is 30.4 Å². The Balaban J connectivity index is 2.50. The summed E-state index contributed by atoms with van der Waals surface area (Å²) in [4.78, 5) is 41.6. The number of nitrogens with zero attached hydrogens (tertiary/aromatic N) is 1. The number of carbonyl (C=O) groups excluding carboxylic acids is 3. The molecule has 0 saturated heterocycles. The molecule has 0 saturated carbocycles. The lowest BCUT2D eigenvalue weighted by atomic mass is 9.98. The molecule has 0 spiro atoms. The molecule has 2 rings (SSSR count). The average molecular weight is 465 g/mol. The molecule has 1 unspecified atom stereocenters. The third kappa shape index (κ3) is 7.69. The van der Waals surface area contributed by atoms with E-state index in [0.29, 0.717) is 34.6 Å². The molecule has 1 heterocycles. The second-order valence-corrected chi connectivity index (χ2v) is 8.73. The van der Waals surface area contributed by atoms with Crippen LogP contribution in [0.5, 0.6) is 0 Å². The van der Waals surface area contributed by atoms with Crippen molar-refractivity contribution in [2.45, 2.75) is 51.6 Å². The minimum absolute atomic E-state index is 0.0641. The predicted molar refractivity (Wildman–Crippen MR) is 132 cm³/mol. The van der Waals surface area contributed by atoms with Crippen molar-refractivity contribution in [3.63, 3.8) is 0 Å². The Morgan fingerprint density at radius 1 is 1.12 bits per heavy atom. The Hall–Kier alpha value is -3.74. The molecule has 0 bridgehead atoms. The molecule has 0 aliphatic rings. The van der Waals surface area contributed by atoms with Crippen LogP contribution in [0.3, 0.4) is 0 Å². The number of carbonyl (C=O) groups is 3. The van der Waals surface area contributed by atoms with Crippen LogP contribution in [0.4, 0.5) is 5.69 Å². The fraction of sp³-hybridized carbons (Fsp3) is 0.333. The summed E-state index contributed by atoms with van der Waals surface area (Å²) < 4.78 is 10.3. The lowest BCUT2D eigenvalue weighted by molar-refractivity contribution is -0.156. The van der Waals surface area contributed by atoms with Crippen molar-refractivity contribution >= 4 is 23.5 Å². The van der Waals surface area contributed by atoms with Crippen molar-refractivity contribution in [1.82, 2.24) is 4.98 Å². The third-order valence-electron chi connectivity index (χ3n) is 4.76. The number of methoxy groups -OCH3 is 1. The molecule has 7 heteroatoms. The van der Waals surface area contributed by atoms with Gasteiger partial charge in [0, 0.05) is 12.0 Å². The SMILES string of the molecule is C=CCC(=O)Nc1cc(CC(=O)OC)ccc1-c1cccc(C(CC=C)C(=O)OC(C)(C)C)n1. The van der Waals surface area contributed by atoms with E-state index in [1.807, 2.05) is 20.8 Å². The number of nitrogens with one attached hydrogen (secondary N) is 1. The standard InChI is InChI=1S/C27H32N2O5/c1-7-10-20(26(32)34-27(3,4)5)22-13-9-12-21(28-22)19-15-14-18(17-25(31)33-6)16-23(19)29-24(30)11-8-2/h7-9,12-16,20H,1-2,10-11,17H2,3-6H3,(H,29,30). The molecule has 0 aliphatic heterocycles. The topological polar surface area (TPSA) is 94.6 Å². The van der Waals surface area contributed by atoms with Gasteiger partial charge in [-0.05, 0) is 51.0 Å². The summed E-state index contributed by atoms with van der Waals surface area (Å²) in [5.41, 5.74) is 2.29. The first kappa shape index (κ1) is 26.5. The minimum Gasteiger partial charge on any atom is -0.469 e. The Kier molecular flexibility index (Phi) is 9.30. The molecule has 2 aromatic rings. The Labute approximate surface area is 200 Å². The summed E-state index contributed by atoms with van der Waals surface area (Å²) >= 11 is 0. The molecular weight excluding hydrogens is 432 g/mol. The van der Waals surface area contributed by atoms with E-state index in [2.05, 4.69) is 18.5 Å². The molecule has 1 aromatic heterocycles. The van der Waals surface area contributed by atoms with Gasteiger partial charge in [-0.3, -0.25) is 19.4 Å². The number of pyridine rings is 1. The molecule has 0 aliphatic carbocycles. The van der Waals surface area contributed by atoms with Crippen LogP contribution in [0.1, 0.15) is 50.8 Å². The largest absolute Gasteiger partial charge is 0.469 e. The van der Waals surface area contributed by atoms with Gasteiger partial charge in [-0.15, -0.1) is 13.2 Å². The van der Waals surface area contributed by atoms with Gasteiger partial charge in [0.15, 0.2) is 0 Å². The van der Waals surface area contributed by atoms with Crippen LogP contribution in [0, 0.1) is 0 Å². The highest BCUT2D eigenvalue weighted by molar-refractivity contribution is 5.96. The van der Waals surface area contributed by atoms with Crippen molar-refractivity contribution in [3.8, 4) is 11.3 Å². The van der Waals surface area contributed by atoms with Crippen molar-refractivity contribution < 1.29 is 23.9 Å². The second-order valence-electron chi connectivity index (χ2n) is 8.73. The van der Waals surface area contributed by atoms with Crippen LogP contribution in [0.25, 0.3) is 11.3 Å². The number of allylic oxidation sites excluding steroid dienone is 1. The fourth-order valence-corrected chi connectivity index (χ4v) is 3.27. The maximum Gasteiger partial charge on any atom is 0.315 e. The monoisotopic (exact) mass is 464 g/mol. The maximum atomic E-state index is 12.8. The number of ether oxygens (including phenoxy) is 2. The van der Waals surface area contributed by atoms with Gasteiger partial charge >= 0.3 is 11.9 Å². The van der Waals surface area contributed by atoms with E-state index in [0.717, 1.165) is 0 Å². The second kappa shape index (κ2) is 11.9. The van der Waals surface area contributed by atoms with Crippen molar-refractivity contribution in [2.75, 3.05) is 12.4 Å². The summed E-state index contributed by atoms with van der Waals surface area (Å²) in [5, 5.41) is 2.86. The molecule has 1 aromatic carbocycles. The highest BCUT2D eigenvalue weighted by Crippen LogP contribution is 2.31. The van der Waals surface area contributed by atoms with Gasteiger partial charge in [0.1, 0.15) is 11.5 Å². The molecule has 0 radical (unpaired) electrons. The van der Waals surface area contributed by atoms with E-state index in [-0.39, 0.29) is 30.7 Å². The number of rotatable bonds is 10. The van der Waals surface area contributed by atoms with E-state index >= 15 is 0 Å². The quantitative estimate of drug-likeness (QED) is 0.394. The molecular formula is C27H32N2O5. The van der Waals surface area contributed by atoms with Gasteiger partial charge in [0.25, 0.3) is 0 Å². The number of aromatic nitrogens is 1. The zero-order valence-electron chi connectivity index (χ0n) is 20.2. The number of hydrogen-bond donors (Lipinski definition) is 1. The zero-order chi connectivity index (χ0) is 25.3. The Morgan fingerprint density at radius 3 is 2.47 bits per heavy atom. The van der Waals surface area contributed by atoms with Crippen LogP contribution >= 0.6 is 0 Å². The summed E-state index contributed by atoms with van der Waals surface area (Å²) in [7, 11) is 1.32. The third-order valence-corrected chi connectivity index (χ3v) is 4.76. The van der Waals surface area contributed by atoms with E-state index in [4.69, 9.17) is 14.5 Å². The lowest BCUT2D eigenvalue weighted by Gasteiger charge is -2.23. The molecule has 34 heavy (non-hydrogen) atoms. The molecule has 1 N–H and O–H groups in total. The van der Waals surface area contributed by atoms with E-state index in [1.54, 1.807) is 42.5 Å². The van der Waals surface area contributed by atoms with Crippen LogP contribution < -0.4 is 5.32 Å². The van der Waals surface area contributed by atoms with E-state index < -0.39 is 11.5 Å². The van der Waals surface area contributed by atoms with Crippen molar-refractivity contribution in [2.24, 2.45) is 0 Å². The van der Waals surface area contributed by atoms with Crippen LogP contribution in [-0.2, 0) is 30.3 Å². The molecule has 7 nitrogen and oxygen atoms in total. The van der Waals surface area contributed by atoms with Crippen LogP contribution in [0.15, 0.2) is 61.7 Å². The number of benzene rings is 1. The normalized spacial score (nSPS) is 11.8. The van der Waals surface area contributed by atoms with Gasteiger partial charge in [-0.25, -0.2) is 0 Å². The zero-order valence-corrected chi connectivity index (χ0v) is 20.2. The first-order chi connectivity index (χ1) is 16.1. The molecule has 1 atom stereocenters. The highest BCUT2D eigenvalue weighted by atomic mass is 16.6. The smallest absolute Gasteiger partial charge is 0.315 e. The van der Waals surface area contributed by atoms with Crippen LogP contribution in [0.2, 0.25) is 0 Å². The minimum atomic E-state index is -0.633. The summed E-state index contributed by atoms with van der Waals surface area (Å²) in [6.07, 6.45) is 3.73. The summed E-state index contributed by atoms with van der Waals surface area (Å²) in [6, 6.07) is 10.6. The first-order valence-electron chi connectivity index (χ1n) is 11.0. The molecule has 0 fully saturated rings. The van der Waals surface area contributed by atoms with E-state index in [1.165, 1.54) is 13.2 Å². The first-order valence-corrected chi connectivity index (χ1v) is 11.0. The average Bonchev–Trinajstić information content (AvgIpc) is 2.76. The van der Waals surface area contributed by atoms with Crippen molar-refractivity contribution in [3.05, 3.63) is 73.0 Å². The summed E-state index contributed by atoms with van der Waals surface area (Å²) in [5.74, 6) is -1.64. The number of anilines is 1. The van der Waals surface area contributed by atoms with Gasteiger partial charge in [0.05, 0.1) is 30.6 Å². The van der Waals surface area contributed by atoms with Crippen LogP contribution in [-0.4, -0.2) is 35.5 Å². The maximum absolute atomic E-state index is 12.8. The van der Waals surface area contributed by atoms with Gasteiger partial charge < -0.3 is 14.8 Å². The summed E-state index contributed by atoms with van der Waals surface area (Å²) in [6.45, 7) is 12.8. The Bertz CT molecular complexity index is 1070.